The van der Waals surface area contributed by atoms with Gasteiger partial charge < -0.3 is 5.73 Å². The van der Waals surface area contributed by atoms with Crippen LogP contribution in [0.15, 0.2) is 58.5 Å². The highest BCUT2D eigenvalue weighted by Gasteiger charge is 2.14. The first-order valence-electron chi connectivity index (χ1n) is 5.92. The summed E-state index contributed by atoms with van der Waals surface area (Å²) in [5, 5.41) is 1.32. The van der Waals surface area contributed by atoms with Gasteiger partial charge in [-0.3, -0.25) is 4.98 Å². The molecule has 1 aromatic heterocycles. The Bertz CT molecular complexity index is 792. The predicted molar refractivity (Wildman–Crippen MR) is 81.7 cm³/mol. The number of hydrogen-bond donors (Lipinski definition) is 1. The molecule has 0 amide bonds. The molecule has 0 aliphatic rings. The lowest BCUT2D eigenvalue weighted by atomic mass is 10.2. The summed E-state index contributed by atoms with van der Waals surface area (Å²) in [6.45, 7) is 0. The number of nitrogen functional groups attached to an aromatic ring is 1. The number of anilines is 1. The highest BCUT2D eigenvalue weighted by atomic mass is 35.5. The molecule has 0 aliphatic carbocycles. The van der Waals surface area contributed by atoms with Crippen molar-refractivity contribution in [3.05, 3.63) is 59.5 Å². The van der Waals surface area contributed by atoms with Crippen LogP contribution >= 0.6 is 23.4 Å². The molecular weight excluding hydrogens is 295 g/mol. The highest BCUT2D eigenvalue weighted by Crippen LogP contribution is 2.39. The molecule has 100 valence electrons. The van der Waals surface area contributed by atoms with Crippen molar-refractivity contribution < 1.29 is 4.39 Å². The molecule has 0 spiro atoms. The lowest BCUT2D eigenvalue weighted by Gasteiger charge is -2.10. The van der Waals surface area contributed by atoms with Gasteiger partial charge in [-0.2, -0.15) is 0 Å². The van der Waals surface area contributed by atoms with Gasteiger partial charge in [0, 0.05) is 22.2 Å². The molecule has 0 bridgehead atoms. The maximum absolute atomic E-state index is 14.2. The minimum atomic E-state index is -0.390. The van der Waals surface area contributed by atoms with Gasteiger partial charge in [-0.15, -0.1) is 0 Å². The zero-order chi connectivity index (χ0) is 14.1. The van der Waals surface area contributed by atoms with Crippen LogP contribution in [0.25, 0.3) is 10.9 Å². The Balaban J connectivity index is 2.19. The van der Waals surface area contributed by atoms with E-state index in [0.717, 1.165) is 10.3 Å². The van der Waals surface area contributed by atoms with E-state index in [2.05, 4.69) is 4.98 Å². The van der Waals surface area contributed by atoms with Crippen molar-refractivity contribution in [2.75, 3.05) is 5.73 Å². The smallest absolute Gasteiger partial charge is 0.141 e. The number of nitrogens with zero attached hydrogens (tertiary/aromatic N) is 1. The quantitative estimate of drug-likeness (QED) is 0.694. The van der Waals surface area contributed by atoms with E-state index >= 15 is 0 Å². The number of pyridine rings is 1. The fourth-order valence-corrected chi connectivity index (χ4v) is 3.15. The normalized spacial score (nSPS) is 10.9. The largest absolute Gasteiger partial charge is 0.398 e. The number of aromatic nitrogens is 1. The van der Waals surface area contributed by atoms with Gasteiger partial charge in [-0.25, -0.2) is 4.39 Å². The zero-order valence-electron chi connectivity index (χ0n) is 10.3. The van der Waals surface area contributed by atoms with Crippen LogP contribution in [0.2, 0.25) is 5.02 Å². The Kier molecular flexibility index (Phi) is 3.51. The Morgan fingerprint density at radius 2 is 1.95 bits per heavy atom. The van der Waals surface area contributed by atoms with Gasteiger partial charge in [0.2, 0.25) is 0 Å². The number of rotatable bonds is 2. The summed E-state index contributed by atoms with van der Waals surface area (Å²) in [5.74, 6) is -0.390. The number of benzene rings is 2. The first-order chi connectivity index (χ1) is 9.66. The van der Waals surface area contributed by atoms with Crippen molar-refractivity contribution >= 4 is 40.0 Å². The van der Waals surface area contributed by atoms with Gasteiger partial charge in [0.15, 0.2) is 0 Å². The van der Waals surface area contributed by atoms with Crippen molar-refractivity contribution in [2.24, 2.45) is 0 Å². The number of fused-ring (bicyclic) bond motifs is 1. The van der Waals surface area contributed by atoms with E-state index in [9.17, 15) is 4.39 Å². The lowest BCUT2D eigenvalue weighted by molar-refractivity contribution is 0.605. The third-order valence-electron chi connectivity index (χ3n) is 2.88. The molecule has 20 heavy (non-hydrogen) atoms. The van der Waals surface area contributed by atoms with Crippen molar-refractivity contribution in [3.8, 4) is 0 Å². The Labute approximate surface area is 124 Å². The molecule has 0 radical (unpaired) electrons. The van der Waals surface area contributed by atoms with Crippen molar-refractivity contribution in [1.29, 1.82) is 0 Å². The second-order valence-electron chi connectivity index (χ2n) is 4.21. The van der Waals surface area contributed by atoms with Crippen LogP contribution in [0, 0.1) is 5.82 Å². The van der Waals surface area contributed by atoms with Crippen LogP contribution in [0.4, 0.5) is 10.1 Å². The fraction of sp³-hybridized carbons (Fsp3) is 0. The maximum atomic E-state index is 14.2. The summed E-state index contributed by atoms with van der Waals surface area (Å²) in [4.78, 5) is 5.46. The summed E-state index contributed by atoms with van der Waals surface area (Å²) < 4.78 is 14.2. The predicted octanol–water partition coefficient (Wildman–Crippen LogP) is 4.76. The Morgan fingerprint density at radius 1 is 1.15 bits per heavy atom. The lowest BCUT2D eigenvalue weighted by Crippen LogP contribution is -1.94. The zero-order valence-corrected chi connectivity index (χ0v) is 11.9. The summed E-state index contributed by atoms with van der Waals surface area (Å²) in [7, 11) is 0. The topological polar surface area (TPSA) is 38.9 Å². The molecule has 2 nitrogen and oxygen atoms in total. The first-order valence-corrected chi connectivity index (χ1v) is 7.11. The van der Waals surface area contributed by atoms with Crippen molar-refractivity contribution in [3.63, 3.8) is 0 Å². The average molecular weight is 305 g/mol. The van der Waals surface area contributed by atoms with E-state index in [1.54, 1.807) is 18.3 Å². The highest BCUT2D eigenvalue weighted by molar-refractivity contribution is 7.99. The Morgan fingerprint density at radius 3 is 2.75 bits per heavy atom. The van der Waals surface area contributed by atoms with E-state index in [-0.39, 0.29) is 0 Å². The second kappa shape index (κ2) is 5.31. The van der Waals surface area contributed by atoms with Crippen LogP contribution in [0.1, 0.15) is 0 Å². The maximum Gasteiger partial charge on any atom is 0.141 e. The molecule has 2 N–H and O–H groups in total. The third kappa shape index (κ3) is 2.32. The molecule has 0 fully saturated rings. The van der Waals surface area contributed by atoms with Gasteiger partial charge in [0.25, 0.3) is 0 Å². The molecule has 0 saturated carbocycles. The molecule has 2 aromatic carbocycles. The summed E-state index contributed by atoms with van der Waals surface area (Å²) in [6, 6.07) is 12.2. The number of nitrogens with two attached hydrogens (primary N) is 1. The van der Waals surface area contributed by atoms with Crippen LogP contribution in [0.3, 0.4) is 0 Å². The molecular formula is C15H10ClFN2S. The minimum absolute atomic E-state index is 0.383. The minimum Gasteiger partial charge on any atom is -0.398 e. The van der Waals surface area contributed by atoms with E-state index in [0.29, 0.717) is 21.1 Å². The van der Waals surface area contributed by atoms with Crippen LogP contribution < -0.4 is 5.73 Å². The van der Waals surface area contributed by atoms with E-state index in [4.69, 9.17) is 17.3 Å². The molecule has 0 unspecified atom stereocenters. The molecule has 0 saturated heterocycles. The van der Waals surface area contributed by atoms with Gasteiger partial charge in [-0.05, 0) is 30.3 Å². The standard InChI is InChI=1S/C15H10ClFN2S/c16-10-5-1-2-6-13(10)20-15-11(17)8-12(18)9-4-3-7-19-14(9)15/h1-8H,18H2. The molecule has 1 heterocycles. The summed E-state index contributed by atoms with van der Waals surface area (Å²) in [5.41, 5.74) is 6.77. The first kappa shape index (κ1) is 13.2. The average Bonchev–Trinajstić information content (AvgIpc) is 2.45. The monoisotopic (exact) mass is 304 g/mol. The summed E-state index contributed by atoms with van der Waals surface area (Å²) >= 11 is 7.37. The van der Waals surface area contributed by atoms with E-state index < -0.39 is 5.82 Å². The van der Waals surface area contributed by atoms with Gasteiger partial charge >= 0.3 is 0 Å². The molecule has 0 aliphatic heterocycles. The second-order valence-corrected chi connectivity index (χ2v) is 5.67. The van der Waals surface area contributed by atoms with Crippen LogP contribution in [-0.2, 0) is 0 Å². The third-order valence-corrected chi connectivity index (χ3v) is 4.49. The molecule has 3 aromatic rings. The van der Waals surface area contributed by atoms with E-state index in [1.807, 2.05) is 24.3 Å². The van der Waals surface area contributed by atoms with Crippen molar-refractivity contribution in [2.45, 2.75) is 9.79 Å². The molecule has 0 atom stereocenters. The van der Waals surface area contributed by atoms with Crippen LogP contribution in [0.5, 0.6) is 0 Å². The van der Waals surface area contributed by atoms with Crippen LogP contribution in [-0.4, -0.2) is 4.98 Å². The number of halogens is 2. The fourth-order valence-electron chi connectivity index (χ4n) is 1.95. The SMILES string of the molecule is Nc1cc(F)c(Sc2ccccc2Cl)c2ncccc12. The molecule has 3 rings (SSSR count). The van der Waals surface area contributed by atoms with E-state index in [1.165, 1.54) is 17.8 Å². The summed E-state index contributed by atoms with van der Waals surface area (Å²) in [6.07, 6.45) is 1.62. The van der Waals surface area contributed by atoms with Gasteiger partial charge in [0.1, 0.15) is 5.82 Å². The van der Waals surface area contributed by atoms with Crippen molar-refractivity contribution in [1.82, 2.24) is 4.98 Å². The van der Waals surface area contributed by atoms with Gasteiger partial charge in [-0.1, -0.05) is 35.5 Å². The molecule has 5 heteroatoms. The number of hydrogen-bond acceptors (Lipinski definition) is 3. The van der Waals surface area contributed by atoms with Gasteiger partial charge in [0.05, 0.1) is 15.4 Å². The Hall–Kier alpha value is -1.78.